The molecule has 202 valence electrons. The van der Waals surface area contributed by atoms with Gasteiger partial charge in [0.25, 0.3) is 0 Å². The number of amides is 1. The Hall–Kier alpha value is -4.13. The molecule has 4 aromatic rings. The topological polar surface area (TPSA) is 79.4 Å². The molecule has 7 heteroatoms. The number of anilines is 2. The van der Waals surface area contributed by atoms with E-state index in [4.69, 9.17) is 14.7 Å². The average Bonchev–Trinajstić information content (AvgIpc) is 2.96. The molecule has 0 bridgehead atoms. The van der Waals surface area contributed by atoms with Crippen LogP contribution in [0.5, 0.6) is 5.75 Å². The fraction of sp³-hybridized carbons (Fsp3) is 0.344. The van der Waals surface area contributed by atoms with Crippen molar-refractivity contribution in [2.24, 2.45) is 5.92 Å². The van der Waals surface area contributed by atoms with Crippen molar-refractivity contribution in [1.82, 2.24) is 15.3 Å². The molecule has 0 spiro atoms. The summed E-state index contributed by atoms with van der Waals surface area (Å²) in [5.41, 5.74) is 2.96. The number of fused-ring (bicyclic) bond motifs is 1. The Bertz CT molecular complexity index is 1380. The molecular formula is C32H37N5O2. The highest BCUT2D eigenvalue weighted by atomic mass is 16.5. The molecule has 1 fully saturated rings. The summed E-state index contributed by atoms with van der Waals surface area (Å²) in [5, 5.41) is 7.78. The number of aromatic nitrogens is 2. The number of carbonyl (C=O) groups excluding carboxylic acids is 1. The molecule has 0 saturated heterocycles. The zero-order valence-electron chi connectivity index (χ0n) is 22.8. The second-order valence-electron chi connectivity index (χ2n) is 10.5. The molecular weight excluding hydrogens is 486 g/mol. The van der Waals surface area contributed by atoms with E-state index in [0.29, 0.717) is 37.5 Å². The highest BCUT2D eigenvalue weighted by Crippen LogP contribution is 2.28. The summed E-state index contributed by atoms with van der Waals surface area (Å²) in [7, 11) is 4.02. The summed E-state index contributed by atoms with van der Waals surface area (Å²) < 4.78 is 6.02. The van der Waals surface area contributed by atoms with Gasteiger partial charge in [0.05, 0.1) is 11.9 Å². The summed E-state index contributed by atoms with van der Waals surface area (Å²) in [6.07, 6.45) is 4.50. The maximum absolute atomic E-state index is 12.8. The second kappa shape index (κ2) is 12.6. The fourth-order valence-electron chi connectivity index (χ4n) is 5.18. The van der Waals surface area contributed by atoms with Gasteiger partial charge in [-0.1, -0.05) is 60.7 Å². The van der Waals surface area contributed by atoms with E-state index in [1.807, 2.05) is 91.8 Å². The van der Waals surface area contributed by atoms with Gasteiger partial charge in [-0.15, -0.1) is 0 Å². The summed E-state index contributed by atoms with van der Waals surface area (Å²) in [5.74, 6) is 2.88. The second-order valence-corrected chi connectivity index (χ2v) is 10.5. The standard InChI is InChI=1S/C32H37N5O2/c1-37(2)31-27-13-7-8-14-28(27)35-32(36-31)34-26-18-16-23(17-19-26)21-33-30(38)20-25-12-6-9-15-29(25)39-22-24-10-4-3-5-11-24/h3-15,23,26H,16-22H2,1-2H3,(H,33,38)(H,34,35,36)/t23-,26+. The molecule has 1 aliphatic carbocycles. The van der Waals surface area contributed by atoms with Gasteiger partial charge in [0.1, 0.15) is 18.2 Å². The molecule has 0 aliphatic heterocycles. The highest BCUT2D eigenvalue weighted by molar-refractivity contribution is 5.90. The summed E-state index contributed by atoms with van der Waals surface area (Å²) >= 11 is 0. The molecule has 0 radical (unpaired) electrons. The van der Waals surface area contributed by atoms with E-state index in [2.05, 4.69) is 16.7 Å². The first-order chi connectivity index (χ1) is 19.0. The Morgan fingerprint density at radius 1 is 0.897 bits per heavy atom. The van der Waals surface area contributed by atoms with E-state index < -0.39 is 0 Å². The summed E-state index contributed by atoms with van der Waals surface area (Å²) in [4.78, 5) is 24.4. The van der Waals surface area contributed by atoms with Crippen LogP contribution >= 0.6 is 0 Å². The van der Waals surface area contributed by atoms with Gasteiger partial charge in [-0.05, 0) is 55.4 Å². The van der Waals surface area contributed by atoms with Gasteiger partial charge in [0.15, 0.2) is 0 Å². The maximum atomic E-state index is 12.8. The van der Waals surface area contributed by atoms with Gasteiger partial charge >= 0.3 is 0 Å². The van der Waals surface area contributed by atoms with Crippen LogP contribution in [0.2, 0.25) is 0 Å². The largest absolute Gasteiger partial charge is 0.489 e. The summed E-state index contributed by atoms with van der Waals surface area (Å²) in [6.45, 7) is 1.19. The third kappa shape index (κ3) is 7.05. The molecule has 1 aliphatic rings. The smallest absolute Gasteiger partial charge is 0.225 e. The number of para-hydroxylation sites is 2. The number of hydrogen-bond acceptors (Lipinski definition) is 6. The third-order valence-corrected chi connectivity index (χ3v) is 7.34. The zero-order chi connectivity index (χ0) is 27.0. The Balaban J connectivity index is 1.09. The lowest BCUT2D eigenvalue weighted by atomic mass is 9.86. The lowest BCUT2D eigenvalue weighted by Crippen LogP contribution is -2.35. The average molecular weight is 524 g/mol. The van der Waals surface area contributed by atoms with Gasteiger partial charge in [-0.2, -0.15) is 4.98 Å². The summed E-state index contributed by atoms with van der Waals surface area (Å²) in [6, 6.07) is 26.3. The maximum Gasteiger partial charge on any atom is 0.225 e. The number of ether oxygens (including phenoxy) is 1. The Morgan fingerprint density at radius 2 is 1.62 bits per heavy atom. The van der Waals surface area contributed by atoms with Crippen molar-refractivity contribution < 1.29 is 9.53 Å². The lowest BCUT2D eigenvalue weighted by molar-refractivity contribution is -0.120. The van der Waals surface area contributed by atoms with Crippen molar-refractivity contribution in [3.05, 3.63) is 90.0 Å². The van der Waals surface area contributed by atoms with Gasteiger partial charge in [-0.3, -0.25) is 4.79 Å². The van der Waals surface area contributed by atoms with Crippen LogP contribution in [0.1, 0.15) is 36.8 Å². The molecule has 39 heavy (non-hydrogen) atoms. The van der Waals surface area contributed by atoms with E-state index >= 15 is 0 Å². The molecule has 5 rings (SSSR count). The molecule has 3 aromatic carbocycles. The van der Waals surface area contributed by atoms with Crippen LogP contribution in [0.4, 0.5) is 11.8 Å². The Morgan fingerprint density at radius 3 is 2.41 bits per heavy atom. The number of carbonyl (C=O) groups is 1. The van der Waals surface area contributed by atoms with Crippen LogP contribution in [0.25, 0.3) is 10.9 Å². The monoisotopic (exact) mass is 523 g/mol. The van der Waals surface area contributed by atoms with E-state index in [9.17, 15) is 4.79 Å². The Labute approximate surface area is 230 Å². The normalized spacial score (nSPS) is 17.0. The van der Waals surface area contributed by atoms with Crippen LogP contribution in [0.15, 0.2) is 78.9 Å². The van der Waals surface area contributed by atoms with E-state index in [1.165, 1.54) is 0 Å². The molecule has 0 atom stereocenters. The van der Waals surface area contributed by atoms with E-state index in [0.717, 1.165) is 59.3 Å². The van der Waals surface area contributed by atoms with Crippen molar-refractivity contribution in [2.45, 2.75) is 44.8 Å². The number of rotatable bonds is 10. The van der Waals surface area contributed by atoms with Crippen molar-refractivity contribution in [2.75, 3.05) is 30.9 Å². The predicted octanol–water partition coefficient (Wildman–Crippen LogP) is 5.60. The molecule has 2 N–H and O–H groups in total. The van der Waals surface area contributed by atoms with Crippen LogP contribution in [0, 0.1) is 5.92 Å². The quantitative estimate of drug-likeness (QED) is 0.282. The first kappa shape index (κ1) is 26.5. The van der Waals surface area contributed by atoms with Gasteiger partial charge in [0.2, 0.25) is 11.9 Å². The minimum Gasteiger partial charge on any atom is -0.489 e. The third-order valence-electron chi connectivity index (χ3n) is 7.34. The molecule has 1 saturated carbocycles. The SMILES string of the molecule is CN(C)c1nc(N[C@H]2CC[C@@H](CNC(=O)Cc3ccccc3OCc3ccccc3)CC2)nc2ccccc12. The minimum absolute atomic E-state index is 0.0341. The van der Waals surface area contributed by atoms with Crippen LogP contribution in [0.3, 0.4) is 0 Å². The molecule has 0 unspecified atom stereocenters. The number of benzene rings is 3. The van der Waals surface area contributed by atoms with Gasteiger partial charge in [-0.25, -0.2) is 4.98 Å². The predicted molar refractivity (Wildman–Crippen MR) is 157 cm³/mol. The minimum atomic E-state index is 0.0341. The number of hydrogen-bond donors (Lipinski definition) is 2. The molecule has 1 heterocycles. The van der Waals surface area contributed by atoms with Gasteiger partial charge < -0.3 is 20.3 Å². The van der Waals surface area contributed by atoms with Crippen LogP contribution in [-0.2, 0) is 17.8 Å². The van der Waals surface area contributed by atoms with Crippen molar-refractivity contribution >= 4 is 28.6 Å². The molecule has 1 aromatic heterocycles. The molecule has 7 nitrogen and oxygen atoms in total. The Kier molecular flexibility index (Phi) is 8.56. The van der Waals surface area contributed by atoms with E-state index in [-0.39, 0.29) is 5.91 Å². The van der Waals surface area contributed by atoms with E-state index in [1.54, 1.807) is 0 Å². The number of nitrogens with zero attached hydrogens (tertiary/aromatic N) is 3. The van der Waals surface area contributed by atoms with Gasteiger partial charge in [0, 0.05) is 37.6 Å². The first-order valence-corrected chi connectivity index (χ1v) is 13.8. The first-order valence-electron chi connectivity index (χ1n) is 13.8. The lowest BCUT2D eigenvalue weighted by Gasteiger charge is -2.29. The van der Waals surface area contributed by atoms with Crippen molar-refractivity contribution in [3.8, 4) is 5.75 Å². The fourth-order valence-corrected chi connectivity index (χ4v) is 5.18. The number of nitrogens with one attached hydrogen (secondary N) is 2. The van der Waals surface area contributed by atoms with Crippen LogP contribution < -0.4 is 20.3 Å². The highest BCUT2D eigenvalue weighted by Gasteiger charge is 2.23. The van der Waals surface area contributed by atoms with Crippen LogP contribution in [-0.4, -0.2) is 42.6 Å². The van der Waals surface area contributed by atoms with Crippen molar-refractivity contribution in [1.29, 1.82) is 0 Å². The zero-order valence-corrected chi connectivity index (χ0v) is 22.8. The van der Waals surface area contributed by atoms with Crippen molar-refractivity contribution in [3.63, 3.8) is 0 Å². The molecule has 1 amide bonds.